The van der Waals surface area contributed by atoms with Gasteiger partial charge in [-0.25, -0.2) is 9.07 Å². The van der Waals surface area contributed by atoms with Crippen molar-refractivity contribution in [3.8, 4) is 5.69 Å². The number of carbonyl (C=O) groups is 1. The highest BCUT2D eigenvalue weighted by molar-refractivity contribution is 6.02. The number of Topliss-reactive ketones (excluding diaryl/α,β-unsaturated/α-hetero) is 1. The fraction of sp³-hybridized carbons (Fsp3) is 0.125. The first kappa shape index (κ1) is 14.1. The van der Waals surface area contributed by atoms with Crippen molar-refractivity contribution in [3.63, 3.8) is 0 Å². The van der Waals surface area contributed by atoms with Gasteiger partial charge >= 0.3 is 0 Å². The second kappa shape index (κ2) is 5.48. The molecule has 6 heteroatoms. The van der Waals surface area contributed by atoms with Gasteiger partial charge in [0.15, 0.2) is 5.78 Å². The molecular formula is C16H14FN3O2. The molecule has 5 nitrogen and oxygen atoms in total. The van der Waals surface area contributed by atoms with E-state index in [9.17, 15) is 14.3 Å². The number of rotatable bonds is 3. The van der Waals surface area contributed by atoms with E-state index in [1.807, 2.05) is 0 Å². The van der Waals surface area contributed by atoms with Gasteiger partial charge in [-0.15, -0.1) is 0 Å². The molecule has 2 aromatic rings. The number of aliphatic hydroxyl groups is 1. The minimum Gasteiger partial charge on any atom is -0.512 e. The molecule has 0 saturated heterocycles. The molecule has 3 N–H and O–H groups in total. The first-order chi connectivity index (χ1) is 10.6. The number of nitrogens with zero attached hydrogens (tertiary/aromatic N) is 2. The van der Waals surface area contributed by atoms with Crippen molar-refractivity contribution in [1.29, 1.82) is 0 Å². The zero-order chi connectivity index (χ0) is 15.7. The molecule has 0 amide bonds. The highest BCUT2D eigenvalue weighted by Gasteiger charge is 2.25. The fourth-order valence-electron chi connectivity index (χ4n) is 2.38. The summed E-state index contributed by atoms with van der Waals surface area (Å²) in [5.41, 5.74) is 6.86. The Balaban J connectivity index is 1.90. The molecule has 0 fully saturated rings. The first-order valence-corrected chi connectivity index (χ1v) is 6.76. The summed E-state index contributed by atoms with van der Waals surface area (Å²) in [4.78, 5) is 12.5. The van der Waals surface area contributed by atoms with Crippen LogP contribution in [0.3, 0.4) is 0 Å². The molecule has 112 valence electrons. The number of benzene rings is 1. The summed E-state index contributed by atoms with van der Waals surface area (Å²) in [6, 6.07) is 5.65. The normalized spacial score (nSPS) is 17.3. The number of hydrogen-bond acceptors (Lipinski definition) is 4. The SMILES string of the molecule is Nc1c(C(=O)C2C=CC=C(O)C2)cnn1-c1ccc(F)cc1. The number of nitrogens with two attached hydrogens (primary N) is 1. The highest BCUT2D eigenvalue weighted by atomic mass is 19.1. The molecule has 0 radical (unpaired) electrons. The highest BCUT2D eigenvalue weighted by Crippen LogP contribution is 2.25. The van der Waals surface area contributed by atoms with Gasteiger partial charge in [0.1, 0.15) is 11.6 Å². The van der Waals surface area contributed by atoms with E-state index in [0.29, 0.717) is 5.69 Å². The topological polar surface area (TPSA) is 81.1 Å². The van der Waals surface area contributed by atoms with E-state index in [0.717, 1.165) is 0 Å². The lowest BCUT2D eigenvalue weighted by molar-refractivity contribution is 0.0938. The summed E-state index contributed by atoms with van der Waals surface area (Å²) in [5, 5.41) is 13.6. The lowest BCUT2D eigenvalue weighted by Crippen LogP contribution is -2.16. The number of nitrogen functional groups attached to an aromatic ring is 1. The largest absolute Gasteiger partial charge is 0.512 e. The van der Waals surface area contributed by atoms with Crippen LogP contribution >= 0.6 is 0 Å². The summed E-state index contributed by atoms with van der Waals surface area (Å²) in [6.45, 7) is 0. The zero-order valence-corrected chi connectivity index (χ0v) is 11.6. The number of carbonyl (C=O) groups excluding carboxylic acids is 1. The molecule has 1 aliphatic rings. The van der Waals surface area contributed by atoms with E-state index in [4.69, 9.17) is 5.73 Å². The number of ketones is 1. The lowest BCUT2D eigenvalue weighted by Gasteiger charge is -2.13. The first-order valence-electron chi connectivity index (χ1n) is 6.76. The van der Waals surface area contributed by atoms with Gasteiger partial charge in [-0.05, 0) is 30.3 Å². The molecule has 22 heavy (non-hydrogen) atoms. The van der Waals surface area contributed by atoms with Gasteiger partial charge in [0, 0.05) is 12.3 Å². The number of hydrogen-bond donors (Lipinski definition) is 2. The molecule has 1 unspecified atom stereocenters. The summed E-state index contributed by atoms with van der Waals surface area (Å²) in [6.07, 6.45) is 6.55. The minimum absolute atomic E-state index is 0.158. The molecule has 1 atom stereocenters. The van der Waals surface area contributed by atoms with Crippen molar-refractivity contribution >= 4 is 11.6 Å². The van der Waals surface area contributed by atoms with Crippen LogP contribution in [0.15, 0.2) is 54.4 Å². The fourth-order valence-corrected chi connectivity index (χ4v) is 2.38. The van der Waals surface area contributed by atoms with E-state index in [2.05, 4.69) is 5.10 Å². The summed E-state index contributed by atoms with van der Waals surface area (Å²) >= 11 is 0. The van der Waals surface area contributed by atoms with Crippen LogP contribution in [0.1, 0.15) is 16.8 Å². The molecule has 3 rings (SSSR count). The third-order valence-electron chi connectivity index (χ3n) is 3.54. The maximum atomic E-state index is 13.0. The Morgan fingerprint density at radius 3 is 2.77 bits per heavy atom. The van der Waals surface area contributed by atoms with Crippen molar-refractivity contribution < 1.29 is 14.3 Å². The lowest BCUT2D eigenvalue weighted by atomic mass is 9.92. The Hall–Kier alpha value is -2.89. The van der Waals surface area contributed by atoms with E-state index >= 15 is 0 Å². The number of aliphatic hydroxyl groups excluding tert-OH is 1. The summed E-state index contributed by atoms with van der Waals surface area (Å²) in [5.74, 6) is -0.676. The van der Waals surface area contributed by atoms with Gasteiger partial charge in [0.05, 0.1) is 23.2 Å². The van der Waals surface area contributed by atoms with Crippen molar-refractivity contribution in [3.05, 3.63) is 65.8 Å². The van der Waals surface area contributed by atoms with Gasteiger partial charge in [-0.2, -0.15) is 5.10 Å². The molecule has 0 spiro atoms. The molecular weight excluding hydrogens is 285 g/mol. The van der Waals surface area contributed by atoms with E-state index in [1.54, 1.807) is 18.2 Å². The minimum atomic E-state index is -0.460. The molecule has 1 aliphatic carbocycles. The van der Waals surface area contributed by atoms with Crippen LogP contribution in [0.2, 0.25) is 0 Å². The van der Waals surface area contributed by atoms with Crippen LogP contribution in [0.5, 0.6) is 0 Å². The van der Waals surface area contributed by atoms with Crippen molar-refractivity contribution in [2.45, 2.75) is 6.42 Å². The third kappa shape index (κ3) is 2.50. The second-order valence-electron chi connectivity index (χ2n) is 5.05. The Morgan fingerprint density at radius 1 is 1.36 bits per heavy atom. The molecule has 0 aliphatic heterocycles. The Morgan fingerprint density at radius 2 is 2.09 bits per heavy atom. The van der Waals surface area contributed by atoms with E-state index in [1.165, 1.54) is 35.1 Å². The summed E-state index contributed by atoms with van der Waals surface area (Å²) < 4.78 is 14.3. The van der Waals surface area contributed by atoms with E-state index < -0.39 is 5.92 Å². The van der Waals surface area contributed by atoms with Crippen LogP contribution in [-0.4, -0.2) is 20.7 Å². The zero-order valence-electron chi connectivity index (χ0n) is 11.6. The number of allylic oxidation sites excluding steroid dienone is 4. The molecule has 1 heterocycles. The van der Waals surface area contributed by atoms with Crippen molar-refractivity contribution in [1.82, 2.24) is 9.78 Å². The average Bonchev–Trinajstić information content (AvgIpc) is 2.89. The monoisotopic (exact) mass is 299 g/mol. The quantitative estimate of drug-likeness (QED) is 0.854. The maximum absolute atomic E-state index is 13.0. The van der Waals surface area contributed by atoms with Crippen LogP contribution < -0.4 is 5.73 Å². The number of halogens is 1. The molecule has 0 bridgehead atoms. The molecule has 1 aromatic heterocycles. The van der Waals surface area contributed by atoms with Crippen molar-refractivity contribution in [2.75, 3.05) is 5.73 Å². The van der Waals surface area contributed by atoms with Gasteiger partial charge < -0.3 is 10.8 Å². The van der Waals surface area contributed by atoms with Crippen LogP contribution in [0, 0.1) is 11.7 Å². The second-order valence-corrected chi connectivity index (χ2v) is 5.05. The van der Waals surface area contributed by atoms with Gasteiger partial charge in [0.25, 0.3) is 0 Å². The number of anilines is 1. The van der Waals surface area contributed by atoms with Crippen LogP contribution in [-0.2, 0) is 0 Å². The molecule has 1 aromatic carbocycles. The van der Waals surface area contributed by atoms with E-state index in [-0.39, 0.29) is 35.2 Å². The van der Waals surface area contributed by atoms with Crippen LogP contribution in [0.4, 0.5) is 10.2 Å². The van der Waals surface area contributed by atoms with Crippen LogP contribution in [0.25, 0.3) is 5.69 Å². The maximum Gasteiger partial charge on any atom is 0.175 e. The Labute approximate surface area is 126 Å². The van der Waals surface area contributed by atoms with Gasteiger partial charge in [-0.3, -0.25) is 4.79 Å². The van der Waals surface area contributed by atoms with Gasteiger partial charge in [0.2, 0.25) is 0 Å². The summed E-state index contributed by atoms with van der Waals surface area (Å²) in [7, 11) is 0. The average molecular weight is 299 g/mol. The third-order valence-corrected chi connectivity index (χ3v) is 3.54. The Bertz CT molecular complexity index is 775. The molecule has 0 saturated carbocycles. The predicted molar refractivity (Wildman–Crippen MR) is 80.2 cm³/mol. The number of aromatic nitrogens is 2. The predicted octanol–water partition coefficient (Wildman–Crippen LogP) is 2.79. The smallest absolute Gasteiger partial charge is 0.175 e. The van der Waals surface area contributed by atoms with Crippen molar-refractivity contribution in [2.24, 2.45) is 5.92 Å². The Kier molecular flexibility index (Phi) is 3.50. The van der Waals surface area contributed by atoms with Gasteiger partial charge in [-0.1, -0.05) is 12.2 Å². The standard InChI is InChI=1S/C16H14FN3O2/c17-11-4-6-12(7-5-11)20-16(18)14(9-19-20)15(22)10-2-1-3-13(21)8-10/h1-7,9-10,21H,8,18H2.